The van der Waals surface area contributed by atoms with Gasteiger partial charge < -0.3 is 24.8 Å². The summed E-state index contributed by atoms with van der Waals surface area (Å²) in [7, 11) is 0. The first-order valence-corrected chi connectivity index (χ1v) is 9.84. The van der Waals surface area contributed by atoms with Crippen LogP contribution in [0.4, 0.5) is 16.2 Å². The molecule has 0 saturated carbocycles. The Kier molecular flexibility index (Phi) is 7.33. The van der Waals surface area contributed by atoms with E-state index in [0.29, 0.717) is 37.0 Å². The third-order valence-electron chi connectivity index (χ3n) is 4.57. The fourth-order valence-corrected chi connectivity index (χ4v) is 3.28. The van der Waals surface area contributed by atoms with Gasteiger partial charge in [-0.2, -0.15) is 0 Å². The van der Waals surface area contributed by atoms with E-state index in [1.807, 2.05) is 18.2 Å². The van der Waals surface area contributed by atoms with Gasteiger partial charge in [0.2, 0.25) is 5.56 Å². The largest absolute Gasteiger partial charge is 0.378 e. The summed E-state index contributed by atoms with van der Waals surface area (Å²) in [6, 6.07) is 10.3. The lowest BCUT2D eigenvalue weighted by Gasteiger charge is -2.30. The highest BCUT2D eigenvalue weighted by molar-refractivity contribution is 6.31. The molecule has 0 spiro atoms. The van der Waals surface area contributed by atoms with Gasteiger partial charge in [0.25, 0.3) is 0 Å². The maximum absolute atomic E-state index is 12.3. The smallest absolute Gasteiger partial charge is 0.319 e. The molecule has 28 heavy (non-hydrogen) atoms. The predicted molar refractivity (Wildman–Crippen MR) is 111 cm³/mol. The van der Waals surface area contributed by atoms with Crippen LogP contribution < -0.4 is 21.1 Å². The highest BCUT2D eigenvalue weighted by Gasteiger charge is 2.16. The number of hydrogen-bond donors (Lipinski definition) is 2. The van der Waals surface area contributed by atoms with Crippen molar-refractivity contribution in [3.05, 3.63) is 58.0 Å². The second-order valence-corrected chi connectivity index (χ2v) is 7.02. The molecule has 1 aromatic heterocycles. The zero-order chi connectivity index (χ0) is 19.8. The normalized spacial score (nSPS) is 14.0. The molecule has 2 N–H and O–H groups in total. The number of urea groups is 1. The van der Waals surface area contributed by atoms with E-state index in [9.17, 15) is 9.59 Å². The van der Waals surface area contributed by atoms with E-state index in [0.717, 1.165) is 31.6 Å². The number of ether oxygens (including phenoxy) is 1. The Morgan fingerprint density at radius 1 is 1.14 bits per heavy atom. The van der Waals surface area contributed by atoms with Crippen molar-refractivity contribution in [1.29, 1.82) is 0 Å². The summed E-state index contributed by atoms with van der Waals surface area (Å²) < 4.78 is 7.06. The second-order valence-electron chi connectivity index (χ2n) is 6.58. The van der Waals surface area contributed by atoms with E-state index in [1.54, 1.807) is 29.0 Å². The van der Waals surface area contributed by atoms with Gasteiger partial charge in [0, 0.05) is 43.5 Å². The summed E-state index contributed by atoms with van der Waals surface area (Å²) in [5.74, 6) is 0. The Morgan fingerprint density at radius 2 is 1.96 bits per heavy atom. The molecule has 3 rings (SSSR count). The summed E-state index contributed by atoms with van der Waals surface area (Å²) in [6.45, 7) is 4.05. The van der Waals surface area contributed by atoms with Crippen LogP contribution in [-0.4, -0.2) is 43.4 Å². The van der Waals surface area contributed by atoms with Crippen LogP contribution in [0.25, 0.3) is 0 Å². The Balaban J connectivity index is 1.47. The van der Waals surface area contributed by atoms with Crippen molar-refractivity contribution < 1.29 is 9.53 Å². The summed E-state index contributed by atoms with van der Waals surface area (Å²) in [6.07, 6.45) is 3.36. The number of aryl methyl sites for hydroxylation is 1. The number of nitrogens with one attached hydrogen (secondary N) is 2. The molecule has 1 aliphatic heterocycles. The Morgan fingerprint density at radius 3 is 2.75 bits per heavy atom. The fourth-order valence-electron chi connectivity index (χ4n) is 3.11. The minimum Gasteiger partial charge on any atom is -0.378 e. The first-order chi connectivity index (χ1) is 13.6. The van der Waals surface area contributed by atoms with Crippen molar-refractivity contribution in [3.8, 4) is 0 Å². The van der Waals surface area contributed by atoms with Crippen molar-refractivity contribution in [2.24, 2.45) is 0 Å². The molecular weight excluding hydrogens is 380 g/mol. The van der Waals surface area contributed by atoms with Crippen LogP contribution in [0.15, 0.2) is 47.4 Å². The molecule has 1 aromatic carbocycles. The zero-order valence-electron chi connectivity index (χ0n) is 15.7. The van der Waals surface area contributed by atoms with Gasteiger partial charge in [-0.05, 0) is 37.1 Å². The van der Waals surface area contributed by atoms with E-state index < -0.39 is 0 Å². The highest BCUT2D eigenvalue weighted by Crippen LogP contribution is 2.29. The number of amides is 2. The Labute approximate surface area is 169 Å². The molecule has 0 unspecified atom stereocenters. The van der Waals surface area contributed by atoms with E-state index in [2.05, 4.69) is 15.5 Å². The van der Waals surface area contributed by atoms with Crippen molar-refractivity contribution in [2.75, 3.05) is 43.1 Å². The first kappa shape index (κ1) is 20.2. The number of unbranched alkanes of at least 4 members (excludes halogenated alkanes) is 1. The molecule has 2 amide bonds. The molecule has 0 atom stereocenters. The number of rotatable bonds is 7. The number of carbonyl (C=O) groups is 1. The number of halogens is 1. The van der Waals surface area contributed by atoms with Gasteiger partial charge in [0.1, 0.15) is 0 Å². The lowest BCUT2D eigenvalue weighted by molar-refractivity contribution is 0.123. The standard InChI is InChI=1S/C20H25ClN4O3/c21-16-6-7-18(24-11-13-28-14-12-24)17(15-16)23-20(27)22-8-2-4-10-25-9-3-1-5-19(25)26/h1,3,5-7,9,15H,2,4,8,10-14H2,(H2,22,23,27). The first-order valence-electron chi connectivity index (χ1n) is 9.46. The number of benzene rings is 1. The minimum atomic E-state index is -0.270. The molecule has 0 radical (unpaired) electrons. The van der Waals surface area contributed by atoms with Gasteiger partial charge in [0.05, 0.1) is 24.6 Å². The van der Waals surface area contributed by atoms with Gasteiger partial charge in [-0.25, -0.2) is 4.79 Å². The third kappa shape index (κ3) is 5.74. The predicted octanol–water partition coefficient (Wildman–Crippen LogP) is 2.94. The molecule has 0 aliphatic carbocycles. The fraction of sp³-hybridized carbons (Fsp3) is 0.400. The van der Waals surface area contributed by atoms with Crippen LogP contribution in [-0.2, 0) is 11.3 Å². The van der Waals surface area contributed by atoms with Gasteiger partial charge in [-0.15, -0.1) is 0 Å². The van der Waals surface area contributed by atoms with Crippen LogP contribution in [0.1, 0.15) is 12.8 Å². The van der Waals surface area contributed by atoms with Gasteiger partial charge in [-0.3, -0.25) is 4.79 Å². The highest BCUT2D eigenvalue weighted by atomic mass is 35.5. The molecular formula is C20H25ClN4O3. The molecule has 2 aromatic rings. The molecule has 8 heteroatoms. The lowest BCUT2D eigenvalue weighted by Crippen LogP contribution is -2.37. The zero-order valence-corrected chi connectivity index (χ0v) is 16.5. The molecule has 1 saturated heterocycles. The molecule has 1 aliphatic rings. The molecule has 0 bridgehead atoms. The molecule has 150 valence electrons. The van der Waals surface area contributed by atoms with Crippen molar-refractivity contribution >= 4 is 29.0 Å². The average Bonchev–Trinajstić information content (AvgIpc) is 2.70. The van der Waals surface area contributed by atoms with Crippen LogP contribution >= 0.6 is 11.6 Å². The maximum Gasteiger partial charge on any atom is 0.319 e. The summed E-state index contributed by atoms with van der Waals surface area (Å²) in [5.41, 5.74) is 1.61. The van der Waals surface area contributed by atoms with Crippen LogP contribution in [0.5, 0.6) is 0 Å². The van der Waals surface area contributed by atoms with Crippen LogP contribution in [0.3, 0.4) is 0 Å². The molecule has 1 fully saturated rings. The number of carbonyl (C=O) groups excluding carboxylic acids is 1. The van der Waals surface area contributed by atoms with E-state index in [-0.39, 0.29) is 11.6 Å². The van der Waals surface area contributed by atoms with Crippen LogP contribution in [0.2, 0.25) is 5.02 Å². The molecule has 7 nitrogen and oxygen atoms in total. The lowest BCUT2D eigenvalue weighted by atomic mass is 10.2. The second kappa shape index (κ2) is 10.1. The number of aromatic nitrogens is 1. The monoisotopic (exact) mass is 404 g/mol. The van der Waals surface area contributed by atoms with Crippen molar-refractivity contribution in [2.45, 2.75) is 19.4 Å². The number of pyridine rings is 1. The maximum atomic E-state index is 12.3. The van der Waals surface area contributed by atoms with Crippen LogP contribution in [0, 0.1) is 0 Å². The number of hydrogen-bond acceptors (Lipinski definition) is 4. The number of anilines is 2. The van der Waals surface area contributed by atoms with Crippen molar-refractivity contribution in [1.82, 2.24) is 9.88 Å². The summed E-state index contributed by atoms with van der Waals surface area (Å²) >= 11 is 6.11. The average molecular weight is 405 g/mol. The van der Waals surface area contributed by atoms with Gasteiger partial charge >= 0.3 is 6.03 Å². The Hall–Kier alpha value is -2.51. The van der Waals surface area contributed by atoms with Gasteiger partial charge in [0.15, 0.2) is 0 Å². The third-order valence-corrected chi connectivity index (χ3v) is 4.80. The van der Waals surface area contributed by atoms with E-state index >= 15 is 0 Å². The minimum absolute atomic E-state index is 0.00944. The summed E-state index contributed by atoms with van der Waals surface area (Å²) in [4.78, 5) is 26.1. The topological polar surface area (TPSA) is 75.6 Å². The molecule has 2 heterocycles. The quantitative estimate of drug-likeness (QED) is 0.696. The van der Waals surface area contributed by atoms with E-state index in [1.165, 1.54) is 0 Å². The van der Waals surface area contributed by atoms with Gasteiger partial charge in [-0.1, -0.05) is 17.7 Å². The Bertz CT molecular complexity index is 849. The van der Waals surface area contributed by atoms with E-state index in [4.69, 9.17) is 16.3 Å². The number of nitrogens with zero attached hydrogens (tertiary/aromatic N) is 2. The summed E-state index contributed by atoms with van der Waals surface area (Å²) in [5, 5.41) is 6.32. The SMILES string of the molecule is O=C(NCCCCn1ccccc1=O)Nc1cc(Cl)ccc1N1CCOCC1. The van der Waals surface area contributed by atoms with Crippen molar-refractivity contribution in [3.63, 3.8) is 0 Å². The number of morpholine rings is 1.